The van der Waals surface area contributed by atoms with Gasteiger partial charge in [-0.2, -0.15) is 0 Å². The second-order valence-electron chi connectivity index (χ2n) is 9.20. The number of carbonyl (C=O) groups excluding carboxylic acids is 3. The van der Waals surface area contributed by atoms with Crippen molar-refractivity contribution in [1.29, 1.82) is 0 Å². The number of amides is 1. The highest BCUT2D eigenvalue weighted by Crippen LogP contribution is 2.41. The average Bonchev–Trinajstić information content (AvgIpc) is 3.32. The topological polar surface area (TPSA) is 112 Å². The molecular formula is C27H32ClN3O6. The summed E-state index contributed by atoms with van der Waals surface area (Å²) < 4.78 is 10.5. The van der Waals surface area contributed by atoms with Crippen LogP contribution in [0.5, 0.6) is 0 Å². The molecule has 2 aliphatic heterocycles. The van der Waals surface area contributed by atoms with Crippen molar-refractivity contribution in [3.8, 4) is 0 Å². The number of hydrogen-bond acceptors (Lipinski definition) is 7. The molecule has 0 saturated carbocycles. The van der Waals surface area contributed by atoms with Gasteiger partial charge in [-0.05, 0) is 50.5 Å². The molecule has 0 bridgehead atoms. The Morgan fingerprint density at radius 3 is 2.49 bits per heavy atom. The number of ether oxygens (including phenoxy) is 2. The Morgan fingerprint density at radius 2 is 1.84 bits per heavy atom. The van der Waals surface area contributed by atoms with Gasteiger partial charge in [0.1, 0.15) is 11.5 Å². The maximum Gasteiger partial charge on any atom is 0.355 e. The number of carbonyl (C=O) groups is 3. The second-order valence-corrected chi connectivity index (χ2v) is 9.63. The summed E-state index contributed by atoms with van der Waals surface area (Å²) in [6.45, 7) is 9.38. The van der Waals surface area contributed by atoms with Gasteiger partial charge in [0.15, 0.2) is 0 Å². The van der Waals surface area contributed by atoms with Gasteiger partial charge in [-0.1, -0.05) is 23.7 Å². The lowest BCUT2D eigenvalue weighted by Gasteiger charge is -2.29. The molecule has 2 saturated heterocycles. The molecule has 37 heavy (non-hydrogen) atoms. The number of aryl methyl sites for hydroxylation is 1. The van der Waals surface area contributed by atoms with Crippen molar-refractivity contribution in [2.75, 3.05) is 46.0 Å². The Bertz CT molecular complexity index is 1210. The predicted octanol–water partition coefficient (Wildman–Crippen LogP) is 3.61. The number of hydrogen-bond donors (Lipinski definition) is 2. The molecular weight excluding hydrogens is 498 g/mol. The summed E-state index contributed by atoms with van der Waals surface area (Å²) in [6, 6.07) is 6.10. The number of halogens is 1. The van der Waals surface area contributed by atoms with Crippen molar-refractivity contribution in [3.63, 3.8) is 0 Å². The first-order valence-electron chi connectivity index (χ1n) is 12.4. The van der Waals surface area contributed by atoms with Crippen molar-refractivity contribution in [1.82, 2.24) is 14.8 Å². The molecule has 0 unspecified atom stereocenters. The summed E-state index contributed by atoms with van der Waals surface area (Å²) in [4.78, 5) is 45.7. The summed E-state index contributed by atoms with van der Waals surface area (Å²) in [5, 5.41) is 12.0. The number of ketones is 1. The summed E-state index contributed by atoms with van der Waals surface area (Å²) in [6.07, 6.45) is 0.659. The van der Waals surface area contributed by atoms with E-state index in [1.54, 1.807) is 45.0 Å². The quantitative estimate of drug-likeness (QED) is 0.232. The van der Waals surface area contributed by atoms with E-state index in [9.17, 15) is 19.5 Å². The third kappa shape index (κ3) is 5.44. The maximum absolute atomic E-state index is 13.3. The van der Waals surface area contributed by atoms with Gasteiger partial charge in [-0.15, -0.1) is 0 Å². The zero-order valence-corrected chi connectivity index (χ0v) is 22.1. The maximum atomic E-state index is 13.3. The number of aliphatic hydroxyl groups is 1. The van der Waals surface area contributed by atoms with Gasteiger partial charge >= 0.3 is 5.97 Å². The van der Waals surface area contributed by atoms with E-state index in [0.717, 1.165) is 19.6 Å². The number of aliphatic hydroxyl groups excluding tert-OH is 1. The van der Waals surface area contributed by atoms with Crippen LogP contribution in [0, 0.1) is 13.8 Å². The van der Waals surface area contributed by atoms with Crippen LogP contribution in [-0.4, -0.2) is 83.5 Å². The van der Waals surface area contributed by atoms with Crippen LogP contribution in [0.3, 0.4) is 0 Å². The summed E-state index contributed by atoms with van der Waals surface area (Å²) in [5.41, 5.74) is 2.09. The minimum Gasteiger partial charge on any atom is -0.507 e. The van der Waals surface area contributed by atoms with Crippen LogP contribution in [0.4, 0.5) is 0 Å². The molecule has 9 nitrogen and oxygen atoms in total. The van der Waals surface area contributed by atoms with Crippen molar-refractivity contribution >= 4 is 35.0 Å². The molecule has 0 aliphatic carbocycles. The molecule has 3 heterocycles. The van der Waals surface area contributed by atoms with Gasteiger partial charge in [0.05, 0.1) is 31.4 Å². The summed E-state index contributed by atoms with van der Waals surface area (Å²) in [7, 11) is 0. The highest BCUT2D eigenvalue weighted by atomic mass is 35.5. The van der Waals surface area contributed by atoms with Crippen LogP contribution in [0.2, 0.25) is 5.02 Å². The standard InChI is InChI=1S/C27H32ClN3O6/c1-4-37-27(35)22-16(2)20(17(3)29-22)24(32)21-23(18-6-8-19(28)9-7-18)31(26(34)25(21)33)11-5-10-30-12-14-36-15-13-30/h6-9,23,29,32H,4-5,10-15H2,1-3H3/b24-21+/t23-/m1/s1. The Labute approximate surface area is 221 Å². The van der Waals surface area contributed by atoms with Gasteiger partial charge < -0.3 is 24.5 Å². The molecule has 0 spiro atoms. The molecule has 2 aromatic rings. The first-order valence-corrected chi connectivity index (χ1v) is 12.8. The largest absolute Gasteiger partial charge is 0.507 e. The van der Waals surface area contributed by atoms with Crippen LogP contribution in [0.1, 0.15) is 52.3 Å². The van der Waals surface area contributed by atoms with E-state index < -0.39 is 23.7 Å². The zero-order valence-electron chi connectivity index (χ0n) is 21.3. The molecule has 1 amide bonds. The fourth-order valence-corrected chi connectivity index (χ4v) is 5.16. The molecule has 2 aliphatic rings. The van der Waals surface area contributed by atoms with E-state index in [4.69, 9.17) is 21.1 Å². The number of esters is 1. The van der Waals surface area contributed by atoms with E-state index in [0.29, 0.717) is 53.6 Å². The predicted molar refractivity (Wildman–Crippen MR) is 139 cm³/mol. The number of likely N-dealkylation sites (tertiary alicyclic amines) is 1. The number of H-pyrrole nitrogens is 1. The van der Waals surface area contributed by atoms with Crippen LogP contribution in [-0.2, 0) is 19.1 Å². The Morgan fingerprint density at radius 1 is 1.16 bits per heavy atom. The lowest BCUT2D eigenvalue weighted by Crippen LogP contribution is -2.38. The number of nitrogens with one attached hydrogen (secondary N) is 1. The smallest absolute Gasteiger partial charge is 0.355 e. The molecule has 10 heteroatoms. The fraction of sp³-hybridized carbons (Fsp3) is 0.444. The SMILES string of the molecule is CCOC(=O)c1[nH]c(C)c(/C(O)=C2\C(=O)C(=O)N(CCCN3CCOCC3)[C@@H]2c2ccc(Cl)cc2)c1C. The Hall–Kier alpha value is -3.14. The second kappa shape index (κ2) is 11.5. The zero-order chi connectivity index (χ0) is 26.7. The minimum atomic E-state index is -0.790. The lowest BCUT2D eigenvalue weighted by molar-refractivity contribution is -0.140. The van der Waals surface area contributed by atoms with Crippen LogP contribution < -0.4 is 0 Å². The number of morpholine rings is 1. The molecule has 1 aromatic carbocycles. The Balaban J connectivity index is 1.73. The van der Waals surface area contributed by atoms with Crippen molar-refractivity contribution < 1.29 is 29.0 Å². The van der Waals surface area contributed by atoms with Gasteiger partial charge in [0, 0.05) is 42.5 Å². The number of aromatic nitrogens is 1. The van der Waals surface area contributed by atoms with Crippen molar-refractivity contribution in [3.05, 3.63) is 62.9 Å². The number of rotatable bonds is 8. The van der Waals surface area contributed by atoms with Crippen LogP contribution >= 0.6 is 11.6 Å². The summed E-state index contributed by atoms with van der Waals surface area (Å²) >= 11 is 6.10. The van der Waals surface area contributed by atoms with Crippen LogP contribution in [0.25, 0.3) is 5.76 Å². The molecule has 2 N–H and O–H groups in total. The van der Waals surface area contributed by atoms with Crippen LogP contribution in [0.15, 0.2) is 29.8 Å². The van der Waals surface area contributed by atoms with Gasteiger partial charge in [0.25, 0.3) is 11.7 Å². The highest BCUT2D eigenvalue weighted by molar-refractivity contribution is 6.46. The molecule has 2 fully saturated rings. The average molecular weight is 530 g/mol. The van der Waals surface area contributed by atoms with Gasteiger partial charge in [0.2, 0.25) is 0 Å². The molecule has 1 aromatic heterocycles. The third-order valence-electron chi connectivity index (χ3n) is 6.86. The number of benzene rings is 1. The molecule has 0 radical (unpaired) electrons. The lowest BCUT2D eigenvalue weighted by atomic mass is 9.94. The minimum absolute atomic E-state index is 0.0145. The van der Waals surface area contributed by atoms with E-state index in [2.05, 4.69) is 9.88 Å². The molecule has 198 valence electrons. The third-order valence-corrected chi connectivity index (χ3v) is 7.11. The monoisotopic (exact) mass is 529 g/mol. The van der Waals surface area contributed by atoms with Gasteiger partial charge in [-0.3, -0.25) is 14.5 Å². The van der Waals surface area contributed by atoms with Crippen molar-refractivity contribution in [2.45, 2.75) is 33.2 Å². The van der Waals surface area contributed by atoms with E-state index in [1.807, 2.05) is 0 Å². The number of Topliss-reactive ketones (excluding diaryl/α,β-unsaturated/α-hetero) is 1. The molecule has 4 rings (SSSR count). The van der Waals surface area contributed by atoms with E-state index in [1.165, 1.54) is 4.90 Å². The first kappa shape index (κ1) is 26.9. The number of aromatic amines is 1. The van der Waals surface area contributed by atoms with Gasteiger partial charge in [-0.25, -0.2) is 4.79 Å². The van der Waals surface area contributed by atoms with E-state index >= 15 is 0 Å². The highest BCUT2D eigenvalue weighted by Gasteiger charge is 2.46. The number of nitrogens with zero attached hydrogens (tertiary/aromatic N) is 2. The normalized spacial score (nSPS) is 20.0. The Kier molecular flexibility index (Phi) is 8.36. The summed E-state index contributed by atoms with van der Waals surface area (Å²) in [5.74, 6) is -2.31. The fourth-order valence-electron chi connectivity index (χ4n) is 5.04. The van der Waals surface area contributed by atoms with E-state index in [-0.39, 0.29) is 23.6 Å². The molecule has 1 atom stereocenters. The van der Waals surface area contributed by atoms with Crippen molar-refractivity contribution in [2.24, 2.45) is 0 Å². The first-order chi connectivity index (χ1) is 17.7.